The average Bonchev–Trinajstić information content (AvgIpc) is 2.31. The minimum Gasteiger partial charge on any atom is -0.460 e. The van der Waals surface area contributed by atoms with Crippen molar-refractivity contribution in [2.75, 3.05) is 13.6 Å². The third-order valence-corrected chi connectivity index (χ3v) is 2.57. The van der Waals surface area contributed by atoms with Gasteiger partial charge in [-0.25, -0.2) is 19.6 Å². The Bertz CT molecular complexity index is 511. The minimum atomic E-state index is -0.755. The summed E-state index contributed by atoms with van der Waals surface area (Å²) in [6, 6.07) is 0. The largest absolute Gasteiger partial charge is 0.460 e. The quantitative estimate of drug-likeness (QED) is 0.425. The van der Waals surface area contributed by atoms with Crippen LogP contribution >= 0.6 is 0 Å². The first-order valence-corrected chi connectivity index (χ1v) is 8.60. The number of hydrogen-bond acceptors (Lipinski definition) is 6. The first kappa shape index (κ1) is 24.0. The van der Waals surface area contributed by atoms with Crippen LogP contribution in [-0.4, -0.2) is 58.6 Å². The first-order chi connectivity index (χ1) is 11.4. The second kappa shape index (κ2) is 8.60. The van der Waals surface area contributed by atoms with Gasteiger partial charge in [-0.1, -0.05) is 0 Å². The standard InChI is InChI=1S/C18H34N2O6/c1-16(2,3)24-13(21)11-12-20(15(23)26-18(7,8)9)19(10)14(22)25-17(4,5)6/h11-12H2,1-10H3. The monoisotopic (exact) mass is 374 g/mol. The average molecular weight is 374 g/mol. The van der Waals surface area contributed by atoms with Gasteiger partial charge in [0.05, 0.1) is 13.0 Å². The summed E-state index contributed by atoms with van der Waals surface area (Å²) in [4.78, 5) is 36.7. The lowest BCUT2D eigenvalue weighted by Gasteiger charge is -2.34. The molecule has 2 amide bonds. The predicted octanol–water partition coefficient (Wildman–Crippen LogP) is 3.74. The molecule has 0 N–H and O–H groups in total. The third kappa shape index (κ3) is 10.8. The van der Waals surface area contributed by atoms with Crippen LogP contribution in [0.25, 0.3) is 0 Å². The maximum atomic E-state index is 12.5. The van der Waals surface area contributed by atoms with E-state index < -0.39 is 35.0 Å². The maximum absolute atomic E-state index is 12.5. The Hall–Kier alpha value is -1.99. The molecule has 0 spiro atoms. The Labute approximate surface area is 156 Å². The molecule has 0 atom stereocenters. The summed E-state index contributed by atoms with van der Waals surface area (Å²) in [5.41, 5.74) is -2.11. The van der Waals surface area contributed by atoms with Crippen LogP contribution in [0.2, 0.25) is 0 Å². The molecule has 0 saturated heterocycles. The summed E-state index contributed by atoms with van der Waals surface area (Å²) >= 11 is 0. The first-order valence-electron chi connectivity index (χ1n) is 8.60. The van der Waals surface area contributed by atoms with Gasteiger partial charge < -0.3 is 14.2 Å². The van der Waals surface area contributed by atoms with Crippen molar-refractivity contribution in [3.63, 3.8) is 0 Å². The molecule has 0 aromatic carbocycles. The molecule has 8 heteroatoms. The molecule has 0 rings (SSSR count). The summed E-state index contributed by atoms with van der Waals surface area (Å²) in [5.74, 6) is -0.483. The lowest BCUT2D eigenvalue weighted by molar-refractivity contribution is -0.155. The van der Waals surface area contributed by atoms with Gasteiger partial charge in [-0.2, -0.15) is 0 Å². The number of carbonyl (C=O) groups excluding carboxylic acids is 3. The van der Waals surface area contributed by atoms with E-state index in [4.69, 9.17) is 14.2 Å². The molecule has 0 heterocycles. The minimum absolute atomic E-state index is 0.0838. The van der Waals surface area contributed by atoms with Gasteiger partial charge in [-0.05, 0) is 62.3 Å². The predicted molar refractivity (Wildman–Crippen MR) is 97.4 cm³/mol. The van der Waals surface area contributed by atoms with Gasteiger partial charge in [0.1, 0.15) is 16.8 Å². The third-order valence-electron chi connectivity index (χ3n) is 2.57. The number of amides is 2. The molecule has 152 valence electrons. The highest BCUT2D eigenvalue weighted by Gasteiger charge is 2.31. The SMILES string of the molecule is CN(C(=O)OC(C)(C)C)N(CCC(=O)OC(C)(C)C)C(=O)OC(C)(C)C. The van der Waals surface area contributed by atoms with Gasteiger partial charge >= 0.3 is 18.2 Å². The van der Waals surface area contributed by atoms with Crippen molar-refractivity contribution in [3.8, 4) is 0 Å². The number of ether oxygens (including phenoxy) is 3. The van der Waals surface area contributed by atoms with E-state index in [-0.39, 0.29) is 13.0 Å². The molecule has 0 aliphatic heterocycles. The zero-order valence-corrected chi connectivity index (χ0v) is 17.8. The smallest absolute Gasteiger partial charge is 0.429 e. The van der Waals surface area contributed by atoms with E-state index in [0.717, 1.165) is 10.0 Å². The van der Waals surface area contributed by atoms with Crippen LogP contribution in [0, 0.1) is 0 Å². The van der Waals surface area contributed by atoms with E-state index in [0.29, 0.717) is 0 Å². The fourth-order valence-corrected chi connectivity index (χ4v) is 1.69. The van der Waals surface area contributed by atoms with E-state index in [9.17, 15) is 14.4 Å². The van der Waals surface area contributed by atoms with Gasteiger partial charge in [0.2, 0.25) is 0 Å². The summed E-state index contributed by atoms with van der Waals surface area (Å²) in [5, 5.41) is 2.03. The molecule has 0 aliphatic rings. The molecule has 0 radical (unpaired) electrons. The topological polar surface area (TPSA) is 85.4 Å². The van der Waals surface area contributed by atoms with E-state index in [1.165, 1.54) is 7.05 Å². The lowest BCUT2D eigenvalue weighted by atomic mass is 10.2. The highest BCUT2D eigenvalue weighted by molar-refractivity contribution is 5.75. The summed E-state index contributed by atoms with van der Waals surface area (Å²) in [7, 11) is 1.38. The van der Waals surface area contributed by atoms with Crippen LogP contribution in [0.5, 0.6) is 0 Å². The van der Waals surface area contributed by atoms with Gasteiger partial charge in [-0.3, -0.25) is 4.79 Å². The molecule has 0 unspecified atom stereocenters. The Morgan fingerprint density at radius 2 is 1.08 bits per heavy atom. The van der Waals surface area contributed by atoms with Crippen molar-refractivity contribution in [2.45, 2.75) is 85.5 Å². The van der Waals surface area contributed by atoms with Crippen molar-refractivity contribution < 1.29 is 28.6 Å². The van der Waals surface area contributed by atoms with Crippen LogP contribution in [0.4, 0.5) is 9.59 Å². The van der Waals surface area contributed by atoms with Crippen molar-refractivity contribution >= 4 is 18.2 Å². The van der Waals surface area contributed by atoms with Crippen LogP contribution in [0.3, 0.4) is 0 Å². The van der Waals surface area contributed by atoms with E-state index in [1.54, 1.807) is 62.3 Å². The second-order valence-electron chi connectivity index (χ2n) is 8.94. The van der Waals surface area contributed by atoms with E-state index in [2.05, 4.69) is 0 Å². The Kier molecular flexibility index (Phi) is 7.94. The molecule has 0 aromatic heterocycles. The summed E-state index contributed by atoms with van der Waals surface area (Å²) in [6.45, 7) is 15.5. The molecule has 26 heavy (non-hydrogen) atoms. The normalized spacial score (nSPS) is 12.2. The Morgan fingerprint density at radius 3 is 1.46 bits per heavy atom. The zero-order chi connectivity index (χ0) is 20.9. The molecule has 0 bridgehead atoms. The molecular weight excluding hydrogens is 340 g/mol. The van der Waals surface area contributed by atoms with Gasteiger partial charge in [0, 0.05) is 7.05 Å². The van der Waals surface area contributed by atoms with Crippen LogP contribution in [0.15, 0.2) is 0 Å². The van der Waals surface area contributed by atoms with E-state index >= 15 is 0 Å². The molecule has 8 nitrogen and oxygen atoms in total. The van der Waals surface area contributed by atoms with Gasteiger partial charge in [-0.15, -0.1) is 0 Å². The molecule has 0 aromatic rings. The number of esters is 1. The van der Waals surface area contributed by atoms with Crippen molar-refractivity contribution in [1.82, 2.24) is 10.0 Å². The number of hydrazine groups is 1. The maximum Gasteiger partial charge on any atom is 0.429 e. The second-order valence-corrected chi connectivity index (χ2v) is 8.94. The number of nitrogens with zero attached hydrogens (tertiary/aromatic N) is 2. The number of carbonyl (C=O) groups is 3. The van der Waals surface area contributed by atoms with Gasteiger partial charge in [0.15, 0.2) is 0 Å². The van der Waals surface area contributed by atoms with Crippen LogP contribution in [0.1, 0.15) is 68.7 Å². The number of rotatable bonds is 3. The van der Waals surface area contributed by atoms with E-state index in [1.807, 2.05) is 0 Å². The Balaban J connectivity index is 5.20. The molecule has 0 saturated carbocycles. The number of hydrogen-bond donors (Lipinski definition) is 0. The highest BCUT2D eigenvalue weighted by atomic mass is 16.6. The molecular formula is C18H34N2O6. The molecule has 0 aliphatic carbocycles. The molecule has 0 fully saturated rings. The van der Waals surface area contributed by atoms with Crippen molar-refractivity contribution in [2.24, 2.45) is 0 Å². The fourth-order valence-electron chi connectivity index (χ4n) is 1.69. The van der Waals surface area contributed by atoms with Crippen LogP contribution < -0.4 is 0 Å². The zero-order valence-electron chi connectivity index (χ0n) is 17.8. The lowest BCUT2D eigenvalue weighted by Crippen LogP contribution is -2.51. The van der Waals surface area contributed by atoms with Gasteiger partial charge in [0.25, 0.3) is 0 Å². The summed E-state index contributed by atoms with van der Waals surface area (Å²) in [6.07, 6.45) is -1.58. The fraction of sp³-hybridized carbons (Fsp3) is 0.833. The highest BCUT2D eigenvalue weighted by Crippen LogP contribution is 2.15. The van der Waals surface area contributed by atoms with Crippen LogP contribution in [-0.2, 0) is 19.0 Å². The Morgan fingerprint density at radius 1 is 0.692 bits per heavy atom. The summed E-state index contributed by atoms with van der Waals surface area (Å²) < 4.78 is 15.8. The van der Waals surface area contributed by atoms with Crippen molar-refractivity contribution in [1.29, 1.82) is 0 Å². The van der Waals surface area contributed by atoms with Crippen molar-refractivity contribution in [3.05, 3.63) is 0 Å².